The number of nitrogens with one attached hydrogen (secondary N) is 1. The Labute approximate surface area is 92.5 Å². The molecule has 0 saturated heterocycles. The second-order valence-corrected chi connectivity index (χ2v) is 8.90. The minimum atomic E-state index is -1.82. The molecule has 0 rings (SSSR count). The van der Waals surface area contributed by atoms with Crippen molar-refractivity contribution in [2.45, 2.75) is 45.8 Å². The molecule has 0 saturated carbocycles. The van der Waals surface area contributed by atoms with E-state index in [4.69, 9.17) is 4.43 Å². The fourth-order valence-electron chi connectivity index (χ4n) is 0.974. The molecule has 15 heavy (non-hydrogen) atoms. The lowest BCUT2D eigenvalue weighted by atomic mass is 10.2. The summed E-state index contributed by atoms with van der Waals surface area (Å²) in [5.74, 6) is -0.414. The molecule has 5 heteroatoms. The van der Waals surface area contributed by atoms with E-state index < -0.39 is 8.32 Å². The third-order valence-corrected chi connectivity index (χ3v) is 2.45. The van der Waals surface area contributed by atoms with Crippen molar-refractivity contribution in [2.75, 3.05) is 6.54 Å². The van der Waals surface area contributed by atoms with Gasteiger partial charge in [-0.1, -0.05) is 13.3 Å². The second kappa shape index (κ2) is 6.61. The first-order valence-corrected chi connectivity index (χ1v) is 8.74. The van der Waals surface area contributed by atoms with Gasteiger partial charge in [-0.15, -0.1) is 0 Å². The molecule has 0 atom stereocenters. The predicted molar refractivity (Wildman–Crippen MR) is 62.0 cm³/mol. The average Bonchev–Trinajstić information content (AvgIpc) is 2.08. The fourth-order valence-corrected chi connectivity index (χ4v) is 1.73. The van der Waals surface area contributed by atoms with Gasteiger partial charge in [-0.3, -0.25) is 9.59 Å². The summed E-state index contributed by atoms with van der Waals surface area (Å²) in [5, 5.41) is 2.55. The van der Waals surface area contributed by atoms with Crippen LogP contribution in [-0.2, 0) is 14.0 Å². The highest BCUT2D eigenvalue weighted by Crippen LogP contribution is 2.02. The smallest absolute Gasteiger partial charge is 0.312 e. The lowest BCUT2D eigenvalue weighted by Gasteiger charge is -2.17. The molecule has 0 radical (unpaired) electrons. The monoisotopic (exact) mass is 231 g/mol. The van der Waals surface area contributed by atoms with Gasteiger partial charge in [0.05, 0.1) is 0 Å². The van der Waals surface area contributed by atoms with Gasteiger partial charge in [0, 0.05) is 6.42 Å². The number of hydrogen-bond acceptors (Lipinski definition) is 3. The zero-order chi connectivity index (χ0) is 11.9. The lowest BCUT2D eigenvalue weighted by molar-refractivity contribution is -0.136. The van der Waals surface area contributed by atoms with Crippen molar-refractivity contribution in [1.29, 1.82) is 0 Å². The minimum absolute atomic E-state index is 0.00713. The van der Waals surface area contributed by atoms with Crippen LogP contribution in [-0.4, -0.2) is 26.7 Å². The summed E-state index contributed by atoms with van der Waals surface area (Å²) in [4.78, 5) is 22.4. The van der Waals surface area contributed by atoms with Gasteiger partial charge in [0.1, 0.15) is 6.54 Å². The summed E-state index contributed by atoms with van der Waals surface area (Å²) >= 11 is 0. The van der Waals surface area contributed by atoms with E-state index in [1.807, 2.05) is 26.6 Å². The Hall–Kier alpha value is -0.843. The number of amides is 1. The van der Waals surface area contributed by atoms with Gasteiger partial charge in [0.15, 0.2) is 0 Å². The molecule has 0 unspecified atom stereocenters. The minimum Gasteiger partial charge on any atom is -0.519 e. The number of carbonyl (C=O) groups is 2. The molecular weight excluding hydrogens is 210 g/mol. The van der Waals surface area contributed by atoms with E-state index in [9.17, 15) is 9.59 Å². The van der Waals surface area contributed by atoms with Gasteiger partial charge in [0.2, 0.25) is 14.2 Å². The van der Waals surface area contributed by atoms with Crippen molar-refractivity contribution in [3.63, 3.8) is 0 Å². The Morgan fingerprint density at radius 3 is 2.33 bits per heavy atom. The standard InChI is InChI=1S/C10H21NO3Si/c1-5-6-7-9(12)11-8-10(13)14-15(2,3)4/h5-8H2,1-4H3,(H,11,12). The Morgan fingerprint density at radius 2 is 1.87 bits per heavy atom. The molecule has 0 aliphatic rings. The highest BCUT2D eigenvalue weighted by molar-refractivity contribution is 6.71. The van der Waals surface area contributed by atoms with Crippen LogP contribution in [0.25, 0.3) is 0 Å². The molecule has 4 nitrogen and oxygen atoms in total. The van der Waals surface area contributed by atoms with Crippen molar-refractivity contribution in [2.24, 2.45) is 0 Å². The van der Waals surface area contributed by atoms with Gasteiger partial charge in [-0.05, 0) is 26.1 Å². The average molecular weight is 231 g/mol. The molecule has 0 spiro atoms. The molecule has 88 valence electrons. The van der Waals surface area contributed by atoms with Crippen LogP contribution < -0.4 is 5.32 Å². The molecule has 0 fully saturated rings. The van der Waals surface area contributed by atoms with Gasteiger partial charge in [-0.25, -0.2) is 0 Å². The summed E-state index contributed by atoms with van der Waals surface area (Å²) in [6.07, 6.45) is 2.32. The number of unbranched alkanes of at least 4 members (excludes halogenated alkanes) is 1. The molecule has 0 bridgehead atoms. The Kier molecular flexibility index (Phi) is 6.23. The normalized spacial score (nSPS) is 10.9. The van der Waals surface area contributed by atoms with Crippen molar-refractivity contribution in [3.8, 4) is 0 Å². The van der Waals surface area contributed by atoms with Crippen molar-refractivity contribution in [3.05, 3.63) is 0 Å². The highest BCUT2D eigenvalue weighted by atomic mass is 28.4. The predicted octanol–water partition coefficient (Wildman–Crippen LogP) is 1.67. The first-order chi connectivity index (χ1) is 6.85. The van der Waals surface area contributed by atoms with Crippen LogP contribution in [0.1, 0.15) is 26.2 Å². The molecule has 0 heterocycles. The molecule has 1 N–H and O–H groups in total. The van der Waals surface area contributed by atoms with Crippen LogP contribution in [0.5, 0.6) is 0 Å². The molecule has 0 aliphatic heterocycles. The van der Waals surface area contributed by atoms with E-state index in [-0.39, 0.29) is 18.4 Å². The SMILES string of the molecule is CCCCC(=O)NCC(=O)O[Si](C)(C)C. The van der Waals surface area contributed by atoms with Gasteiger partial charge in [0.25, 0.3) is 0 Å². The van der Waals surface area contributed by atoms with Crippen LogP contribution in [0.15, 0.2) is 0 Å². The fraction of sp³-hybridized carbons (Fsp3) is 0.800. The third-order valence-electron chi connectivity index (χ3n) is 1.61. The topological polar surface area (TPSA) is 55.4 Å². The van der Waals surface area contributed by atoms with Gasteiger partial charge < -0.3 is 9.74 Å². The van der Waals surface area contributed by atoms with Crippen LogP contribution in [0, 0.1) is 0 Å². The maximum Gasteiger partial charge on any atom is 0.312 e. The number of carbonyl (C=O) groups excluding carboxylic acids is 2. The lowest BCUT2D eigenvalue weighted by Crippen LogP contribution is -2.36. The maximum atomic E-state index is 11.2. The first kappa shape index (κ1) is 14.2. The molecular formula is C10H21NO3Si. The van der Waals surface area contributed by atoms with Gasteiger partial charge >= 0.3 is 5.97 Å². The van der Waals surface area contributed by atoms with Crippen LogP contribution in [0.4, 0.5) is 0 Å². The van der Waals surface area contributed by atoms with Crippen LogP contribution in [0.2, 0.25) is 19.6 Å². The van der Waals surface area contributed by atoms with E-state index in [0.717, 1.165) is 12.8 Å². The van der Waals surface area contributed by atoms with Crippen LogP contribution in [0.3, 0.4) is 0 Å². The molecule has 0 aliphatic carbocycles. The van der Waals surface area contributed by atoms with E-state index in [1.165, 1.54) is 0 Å². The van der Waals surface area contributed by atoms with E-state index >= 15 is 0 Å². The van der Waals surface area contributed by atoms with Gasteiger partial charge in [-0.2, -0.15) is 0 Å². The Morgan fingerprint density at radius 1 is 1.27 bits per heavy atom. The van der Waals surface area contributed by atoms with E-state index in [0.29, 0.717) is 6.42 Å². The molecule has 0 aromatic rings. The summed E-state index contributed by atoms with van der Waals surface area (Å²) < 4.78 is 5.18. The Bertz CT molecular complexity index is 223. The third kappa shape index (κ3) is 9.46. The zero-order valence-electron chi connectivity index (χ0n) is 10.1. The molecule has 1 amide bonds. The first-order valence-electron chi connectivity index (χ1n) is 5.33. The molecule has 0 aromatic heterocycles. The highest BCUT2D eigenvalue weighted by Gasteiger charge is 2.19. The van der Waals surface area contributed by atoms with Crippen molar-refractivity contribution >= 4 is 20.2 Å². The van der Waals surface area contributed by atoms with Crippen LogP contribution >= 0.6 is 0 Å². The second-order valence-electron chi connectivity index (χ2n) is 4.47. The summed E-state index contributed by atoms with van der Waals surface area (Å²) in [6.45, 7) is 7.82. The quantitative estimate of drug-likeness (QED) is 0.707. The molecule has 0 aromatic carbocycles. The largest absolute Gasteiger partial charge is 0.519 e. The summed E-state index contributed by atoms with van der Waals surface area (Å²) in [6, 6.07) is 0. The maximum absolute atomic E-state index is 11.2. The number of rotatable bonds is 6. The van der Waals surface area contributed by atoms with Crippen molar-refractivity contribution in [1.82, 2.24) is 5.32 Å². The van der Waals surface area contributed by atoms with E-state index in [1.54, 1.807) is 0 Å². The summed E-state index contributed by atoms with van der Waals surface area (Å²) in [7, 11) is -1.82. The zero-order valence-corrected chi connectivity index (χ0v) is 11.1. The van der Waals surface area contributed by atoms with E-state index in [2.05, 4.69) is 5.32 Å². The number of hydrogen-bond donors (Lipinski definition) is 1. The summed E-state index contributed by atoms with van der Waals surface area (Å²) in [5.41, 5.74) is 0. The van der Waals surface area contributed by atoms with Crippen molar-refractivity contribution < 1.29 is 14.0 Å². The Balaban J connectivity index is 3.67.